The summed E-state index contributed by atoms with van der Waals surface area (Å²) in [5, 5.41) is 11.9. The molecule has 34 heavy (non-hydrogen) atoms. The number of carbonyl (C=O) groups is 2. The average Bonchev–Trinajstić information content (AvgIpc) is 2.82. The predicted molar refractivity (Wildman–Crippen MR) is 133 cm³/mol. The van der Waals surface area contributed by atoms with Crippen LogP contribution in [0.3, 0.4) is 0 Å². The third-order valence-corrected chi connectivity index (χ3v) is 5.74. The van der Waals surface area contributed by atoms with Crippen LogP contribution in [0.5, 0.6) is 0 Å². The molecule has 0 bridgehead atoms. The number of nitrogens with zero attached hydrogens (tertiary/aromatic N) is 1. The summed E-state index contributed by atoms with van der Waals surface area (Å²) in [6.07, 6.45) is 3.73. The van der Waals surface area contributed by atoms with Crippen LogP contribution in [-0.2, 0) is 19.1 Å². The first-order chi connectivity index (χ1) is 16.4. The first-order valence-electron chi connectivity index (χ1n) is 10.8. The highest BCUT2D eigenvalue weighted by Crippen LogP contribution is 2.40. The fraction of sp³-hybridized carbons (Fsp3) is 0.222. The van der Waals surface area contributed by atoms with E-state index in [1.807, 2.05) is 66.7 Å². The summed E-state index contributed by atoms with van der Waals surface area (Å²) in [5.41, 5.74) is 3.59. The maximum Gasteiger partial charge on any atom is 0.337 e. The van der Waals surface area contributed by atoms with Crippen LogP contribution < -0.4 is 5.32 Å². The van der Waals surface area contributed by atoms with Gasteiger partial charge in [0.25, 0.3) is 0 Å². The molecule has 2 aromatic carbocycles. The van der Waals surface area contributed by atoms with E-state index < -0.39 is 17.9 Å². The van der Waals surface area contributed by atoms with Gasteiger partial charge in [0.05, 0.1) is 29.6 Å². The van der Waals surface area contributed by atoms with E-state index in [2.05, 4.69) is 21.2 Å². The fourth-order valence-corrected chi connectivity index (χ4v) is 4.19. The van der Waals surface area contributed by atoms with E-state index in [1.165, 1.54) is 0 Å². The lowest BCUT2D eigenvalue weighted by atomic mass is 9.80. The Labute approximate surface area is 207 Å². The molecule has 0 saturated carbocycles. The van der Waals surface area contributed by atoms with Gasteiger partial charge in [-0.15, -0.1) is 0 Å². The van der Waals surface area contributed by atoms with Gasteiger partial charge in [0.2, 0.25) is 0 Å². The highest BCUT2D eigenvalue weighted by atomic mass is 79.9. The van der Waals surface area contributed by atoms with Gasteiger partial charge in [-0.05, 0) is 43.2 Å². The molecule has 0 spiro atoms. The Bertz CT molecular complexity index is 1190. The Morgan fingerprint density at radius 2 is 1.71 bits per heavy atom. The zero-order valence-electron chi connectivity index (χ0n) is 19.0. The highest BCUT2D eigenvalue weighted by molar-refractivity contribution is 9.10. The molecule has 7 heteroatoms. The third kappa shape index (κ3) is 6.24. The molecule has 3 rings (SSSR count). The van der Waals surface area contributed by atoms with Gasteiger partial charge in [0, 0.05) is 15.9 Å². The Kier molecular flexibility index (Phi) is 8.83. The van der Waals surface area contributed by atoms with Crippen molar-refractivity contribution in [1.82, 2.24) is 5.32 Å². The van der Waals surface area contributed by atoms with Crippen LogP contribution in [0.2, 0.25) is 0 Å². The summed E-state index contributed by atoms with van der Waals surface area (Å²) < 4.78 is 11.7. The minimum atomic E-state index is -0.682. The zero-order valence-corrected chi connectivity index (χ0v) is 20.6. The van der Waals surface area contributed by atoms with Crippen molar-refractivity contribution in [3.63, 3.8) is 0 Å². The number of hydrogen-bond donors (Lipinski definition) is 1. The van der Waals surface area contributed by atoms with Gasteiger partial charge < -0.3 is 14.8 Å². The topological polar surface area (TPSA) is 88.4 Å². The highest BCUT2D eigenvalue weighted by Gasteiger charge is 2.38. The molecular weight excluding hydrogens is 496 g/mol. The summed E-state index contributed by atoms with van der Waals surface area (Å²) in [4.78, 5) is 26.3. The number of esters is 2. The van der Waals surface area contributed by atoms with Crippen molar-refractivity contribution in [2.75, 3.05) is 13.2 Å². The Morgan fingerprint density at radius 1 is 1.03 bits per heavy atom. The van der Waals surface area contributed by atoms with E-state index in [0.29, 0.717) is 22.5 Å². The predicted octanol–water partition coefficient (Wildman–Crippen LogP) is 5.40. The minimum Gasteiger partial charge on any atom is -0.461 e. The summed E-state index contributed by atoms with van der Waals surface area (Å²) in [6, 6.07) is 19.1. The summed E-state index contributed by atoms with van der Waals surface area (Å²) in [5.74, 6) is -1.78. The molecule has 0 saturated heterocycles. The second-order valence-electron chi connectivity index (χ2n) is 7.65. The van der Waals surface area contributed by atoms with Gasteiger partial charge in [-0.2, -0.15) is 5.26 Å². The largest absolute Gasteiger partial charge is 0.461 e. The van der Waals surface area contributed by atoms with E-state index in [-0.39, 0.29) is 19.6 Å². The van der Waals surface area contributed by atoms with Crippen molar-refractivity contribution in [3.05, 3.63) is 98.8 Å². The number of hydrogen-bond acceptors (Lipinski definition) is 6. The maximum atomic E-state index is 13.2. The fourth-order valence-electron chi connectivity index (χ4n) is 3.77. The van der Waals surface area contributed by atoms with Crippen molar-refractivity contribution in [1.29, 1.82) is 5.26 Å². The smallest absolute Gasteiger partial charge is 0.337 e. The number of benzene rings is 2. The number of dihydropyridines is 1. The molecule has 0 aromatic heterocycles. The maximum absolute atomic E-state index is 13.2. The molecule has 1 N–H and O–H groups in total. The van der Waals surface area contributed by atoms with Crippen LogP contribution in [0.1, 0.15) is 37.3 Å². The van der Waals surface area contributed by atoms with Crippen LogP contribution in [0, 0.1) is 11.3 Å². The van der Waals surface area contributed by atoms with Crippen LogP contribution in [0.4, 0.5) is 0 Å². The van der Waals surface area contributed by atoms with E-state index in [4.69, 9.17) is 14.7 Å². The lowest BCUT2D eigenvalue weighted by Crippen LogP contribution is -2.32. The Morgan fingerprint density at radius 3 is 2.35 bits per heavy atom. The molecule has 0 radical (unpaired) electrons. The van der Waals surface area contributed by atoms with E-state index in [9.17, 15) is 9.59 Å². The van der Waals surface area contributed by atoms with E-state index in [1.54, 1.807) is 19.9 Å². The van der Waals surface area contributed by atoms with E-state index >= 15 is 0 Å². The average molecular weight is 521 g/mol. The molecule has 174 valence electrons. The number of rotatable bonds is 8. The lowest BCUT2D eigenvalue weighted by molar-refractivity contribution is -0.139. The van der Waals surface area contributed by atoms with Gasteiger partial charge in [-0.3, -0.25) is 0 Å². The van der Waals surface area contributed by atoms with E-state index in [0.717, 1.165) is 15.6 Å². The van der Waals surface area contributed by atoms with Crippen LogP contribution >= 0.6 is 15.9 Å². The molecular formula is C27H25BrN2O4. The van der Waals surface area contributed by atoms with Crippen molar-refractivity contribution in [2.45, 2.75) is 26.2 Å². The molecule has 1 heterocycles. The molecule has 6 nitrogen and oxygen atoms in total. The summed E-state index contributed by atoms with van der Waals surface area (Å²) in [6.45, 7) is 3.60. The van der Waals surface area contributed by atoms with Crippen LogP contribution in [-0.4, -0.2) is 25.2 Å². The van der Waals surface area contributed by atoms with Gasteiger partial charge in [0.1, 0.15) is 13.2 Å². The summed E-state index contributed by atoms with van der Waals surface area (Å²) in [7, 11) is 0. The SMILES string of the molecule is CC1=C(C(=O)OCC=Cc2ccccc2)C(c2cccc(Br)c2)C(C(=O)OCCC#N)=C(C)N1. The number of nitrogens with one attached hydrogen (secondary N) is 1. The molecule has 0 amide bonds. The molecule has 1 atom stereocenters. The first kappa shape index (κ1) is 25.0. The number of carbonyl (C=O) groups excluding carboxylic acids is 2. The second kappa shape index (κ2) is 12.0. The van der Waals surface area contributed by atoms with Crippen LogP contribution in [0.25, 0.3) is 6.08 Å². The zero-order chi connectivity index (χ0) is 24.5. The monoisotopic (exact) mass is 520 g/mol. The second-order valence-corrected chi connectivity index (χ2v) is 8.56. The lowest BCUT2D eigenvalue weighted by Gasteiger charge is -2.30. The molecule has 0 aliphatic carbocycles. The normalized spacial score (nSPS) is 15.6. The minimum absolute atomic E-state index is 0.0237. The Balaban J connectivity index is 1.89. The van der Waals surface area contributed by atoms with Crippen LogP contribution in [0.15, 0.2) is 87.7 Å². The van der Waals surface area contributed by atoms with Crippen molar-refractivity contribution < 1.29 is 19.1 Å². The number of nitriles is 1. The number of halogens is 1. The molecule has 1 unspecified atom stereocenters. The van der Waals surface area contributed by atoms with Crippen molar-refractivity contribution in [3.8, 4) is 6.07 Å². The first-order valence-corrected chi connectivity index (χ1v) is 11.6. The third-order valence-electron chi connectivity index (χ3n) is 5.25. The van der Waals surface area contributed by atoms with Gasteiger partial charge >= 0.3 is 11.9 Å². The molecule has 1 aliphatic rings. The molecule has 0 fully saturated rings. The Hall–Kier alpha value is -3.63. The van der Waals surface area contributed by atoms with Gasteiger partial charge in [-0.1, -0.05) is 64.5 Å². The number of ether oxygens (including phenoxy) is 2. The van der Waals surface area contributed by atoms with Gasteiger partial charge in [0.15, 0.2) is 0 Å². The molecule has 2 aromatic rings. The quantitative estimate of drug-likeness (QED) is 0.370. The standard InChI is InChI=1S/C27H25BrN2O4/c1-18-23(26(31)33-15-7-11-20-9-4-3-5-10-20)25(21-12-6-13-22(28)17-21)24(19(2)30-18)27(32)34-16-8-14-29/h3-7,9-13,17,25,30H,8,15-16H2,1-2H3. The molecule has 1 aliphatic heterocycles. The van der Waals surface area contributed by atoms with Crippen molar-refractivity contribution >= 4 is 33.9 Å². The van der Waals surface area contributed by atoms with Gasteiger partial charge in [-0.25, -0.2) is 9.59 Å². The summed E-state index contributed by atoms with van der Waals surface area (Å²) >= 11 is 3.47. The number of allylic oxidation sites excluding steroid dienone is 2. The van der Waals surface area contributed by atoms with Crippen molar-refractivity contribution in [2.24, 2.45) is 0 Å².